The van der Waals surface area contributed by atoms with Gasteiger partial charge in [0.05, 0.1) is 16.9 Å². The molecule has 0 fully saturated rings. The van der Waals surface area contributed by atoms with Gasteiger partial charge in [0.15, 0.2) is 5.78 Å². The summed E-state index contributed by atoms with van der Waals surface area (Å²) in [6, 6.07) is 15.5. The summed E-state index contributed by atoms with van der Waals surface area (Å²) in [5.74, 6) is -0.153. The van der Waals surface area contributed by atoms with Crippen molar-refractivity contribution in [3.63, 3.8) is 0 Å². The second-order valence-corrected chi connectivity index (χ2v) is 6.04. The number of nitrogen functional groups attached to an aromatic ring is 1. The van der Waals surface area contributed by atoms with Crippen LogP contribution in [-0.4, -0.2) is 15.3 Å². The number of fused-ring (bicyclic) bond motifs is 2. The molecular formula is C21H17N3O. The number of carbonyl (C=O) groups is 1. The summed E-state index contributed by atoms with van der Waals surface area (Å²) < 4.78 is 2.03. The van der Waals surface area contributed by atoms with E-state index in [1.165, 1.54) is 6.08 Å². The van der Waals surface area contributed by atoms with Crippen LogP contribution >= 0.6 is 0 Å². The van der Waals surface area contributed by atoms with Crippen LogP contribution in [0.2, 0.25) is 0 Å². The first kappa shape index (κ1) is 15.1. The van der Waals surface area contributed by atoms with Gasteiger partial charge in [0, 0.05) is 40.7 Å². The average molecular weight is 327 g/mol. The highest BCUT2D eigenvalue weighted by molar-refractivity contribution is 6.13. The normalized spacial score (nSPS) is 11.1. The summed E-state index contributed by atoms with van der Waals surface area (Å²) in [5.41, 5.74) is 10.6. The molecule has 0 bridgehead atoms. The Bertz CT molecular complexity index is 1150. The summed E-state index contributed by atoms with van der Waals surface area (Å²) in [6.45, 7) is 3.63. The molecule has 4 nitrogen and oxygen atoms in total. The SMILES string of the molecule is C=CC(=O)c1cc2cccc(N)c2nc1-c1cn(C)c2ccccc12. The first-order valence-electron chi connectivity index (χ1n) is 8.00. The Morgan fingerprint density at radius 1 is 1.20 bits per heavy atom. The van der Waals surface area contributed by atoms with E-state index < -0.39 is 0 Å². The van der Waals surface area contributed by atoms with E-state index in [1.54, 1.807) is 0 Å². The molecule has 0 unspecified atom stereocenters. The Morgan fingerprint density at radius 2 is 2.00 bits per heavy atom. The monoisotopic (exact) mass is 327 g/mol. The number of allylic oxidation sites excluding steroid dienone is 1. The molecule has 4 aromatic rings. The van der Waals surface area contributed by atoms with E-state index in [4.69, 9.17) is 10.7 Å². The highest BCUT2D eigenvalue weighted by Crippen LogP contribution is 2.34. The fraction of sp³-hybridized carbons (Fsp3) is 0.0476. The minimum absolute atomic E-state index is 0.153. The molecule has 0 aliphatic rings. The van der Waals surface area contributed by atoms with Gasteiger partial charge in [-0.15, -0.1) is 0 Å². The van der Waals surface area contributed by atoms with E-state index in [0.29, 0.717) is 22.5 Å². The molecule has 0 spiro atoms. The van der Waals surface area contributed by atoms with Gasteiger partial charge in [-0.1, -0.05) is 36.9 Å². The number of aryl methyl sites for hydroxylation is 1. The third kappa shape index (κ3) is 2.31. The van der Waals surface area contributed by atoms with Crippen LogP contribution in [0, 0.1) is 0 Å². The topological polar surface area (TPSA) is 60.9 Å². The standard InChI is InChI=1S/C21H17N3O/c1-3-19(25)15-11-13-7-6-9-17(22)20(13)23-21(15)16-12-24(2)18-10-5-4-8-14(16)18/h3-12H,1,22H2,2H3. The fourth-order valence-corrected chi connectivity index (χ4v) is 3.25. The number of anilines is 1. The van der Waals surface area contributed by atoms with Crippen LogP contribution in [0.15, 0.2) is 67.4 Å². The third-order valence-corrected chi connectivity index (χ3v) is 4.48. The number of benzene rings is 2. The number of aromatic nitrogens is 2. The number of nitrogens with zero attached hydrogens (tertiary/aromatic N) is 2. The lowest BCUT2D eigenvalue weighted by atomic mass is 9.99. The zero-order chi connectivity index (χ0) is 17.6. The Kier molecular flexibility index (Phi) is 3.39. The maximum Gasteiger partial charge on any atom is 0.187 e. The predicted molar refractivity (Wildman–Crippen MR) is 103 cm³/mol. The smallest absolute Gasteiger partial charge is 0.187 e. The Morgan fingerprint density at radius 3 is 2.80 bits per heavy atom. The van der Waals surface area contributed by atoms with E-state index in [1.807, 2.05) is 66.3 Å². The van der Waals surface area contributed by atoms with Crippen LogP contribution in [0.4, 0.5) is 5.69 Å². The summed E-state index contributed by atoms with van der Waals surface area (Å²) in [4.78, 5) is 17.3. The molecule has 0 radical (unpaired) electrons. The quantitative estimate of drug-likeness (QED) is 0.346. The summed E-state index contributed by atoms with van der Waals surface area (Å²) >= 11 is 0. The minimum Gasteiger partial charge on any atom is -0.397 e. The maximum atomic E-state index is 12.5. The zero-order valence-electron chi connectivity index (χ0n) is 13.9. The van der Waals surface area contributed by atoms with Gasteiger partial charge in [0.1, 0.15) is 0 Å². The highest BCUT2D eigenvalue weighted by Gasteiger charge is 2.18. The largest absolute Gasteiger partial charge is 0.397 e. The van der Waals surface area contributed by atoms with Crippen molar-refractivity contribution in [1.82, 2.24) is 9.55 Å². The molecule has 2 aromatic carbocycles. The maximum absolute atomic E-state index is 12.5. The predicted octanol–water partition coefficient (Wildman–Crippen LogP) is 4.34. The van der Waals surface area contributed by atoms with E-state index >= 15 is 0 Å². The molecule has 0 saturated heterocycles. The number of para-hydroxylation sites is 2. The van der Waals surface area contributed by atoms with Crippen molar-refractivity contribution in [3.05, 3.63) is 72.9 Å². The second-order valence-electron chi connectivity index (χ2n) is 6.04. The molecule has 0 saturated carbocycles. The Labute approximate surface area is 145 Å². The Hall–Kier alpha value is -3.40. The number of pyridine rings is 1. The molecule has 4 rings (SSSR count). The molecule has 0 amide bonds. The minimum atomic E-state index is -0.153. The van der Waals surface area contributed by atoms with E-state index in [2.05, 4.69) is 6.58 Å². The van der Waals surface area contributed by atoms with Crippen LogP contribution in [0.1, 0.15) is 10.4 Å². The molecule has 122 valence electrons. The van der Waals surface area contributed by atoms with Crippen molar-refractivity contribution in [1.29, 1.82) is 0 Å². The molecule has 0 aliphatic heterocycles. The zero-order valence-corrected chi connectivity index (χ0v) is 13.9. The van der Waals surface area contributed by atoms with Crippen molar-refractivity contribution in [3.8, 4) is 11.3 Å². The molecule has 0 aliphatic carbocycles. The molecule has 2 N–H and O–H groups in total. The van der Waals surface area contributed by atoms with Gasteiger partial charge in [-0.05, 0) is 24.3 Å². The van der Waals surface area contributed by atoms with Gasteiger partial charge in [0.25, 0.3) is 0 Å². The van der Waals surface area contributed by atoms with E-state index in [0.717, 1.165) is 21.9 Å². The number of ketones is 1. The van der Waals surface area contributed by atoms with E-state index in [-0.39, 0.29) is 5.78 Å². The number of hydrogen-bond acceptors (Lipinski definition) is 3. The van der Waals surface area contributed by atoms with Gasteiger partial charge >= 0.3 is 0 Å². The summed E-state index contributed by atoms with van der Waals surface area (Å²) in [7, 11) is 1.98. The molecule has 2 heterocycles. The lowest BCUT2D eigenvalue weighted by Gasteiger charge is -2.09. The van der Waals surface area contributed by atoms with Crippen molar-refractivity contribution in [2.24, 2.45) is 7.05 Å². The van der Waals surface area contributed by atoms with Gasteiger partial charge in [-0.3, -0.25) is 4.79 Å². The van der Waals surface area contributed by atoms with Crippen molar-refractivity contribution in [2.75, 3.05) is 5.73 Å². The van der Waals surface area contributed by atoms with Crippen LogP contribution in [0.25, 0.3) is 33.1 Å². The van der Waals surface area contributed by atoms with Crippen LogP contribution in [0.5, 0.6) is 0 Å². The first-order chi connectivity index (χ1) is 12.1. The van der Waals surface area contributed by atoms with Crippen LogP contribution < -0.4 is 5.73 Å². The lowest BCUT2D eigenvalue weighted by Crippen LogP contribution is -2.02. The van der Waals surface area contributed by atoms with Crippen molar-refractivity contribution < 1.29 is 4.79 Å². The van der Waals surface area contributed by atoms with Crippen LogP contribution in [-0.2, 0) is 7.05 Å². The summed E-state index contributed by atoms with van der Waals surface area (Å²) in [5, 5.41) is 1.89. The number of carbonyl (C=O) groups excluding carboxylic acids is 1. The van der Waals surface area contributed by atoms with Gasteiger partial charge in [-0.25, -0.2) is 4.98 Å². The lowest BCUT2D eigenvalue weighted by molar-refractivity contribution is 0.104. The highest BCUT2D eigenvalue weighted by atomic mass is 16.1. The number of rotatable bonds is 3. The molecule has 2 aromatic heterocycles. The van der Waals surface area contributed by atoms with Gasteiger partial charge < -0.3 is 10.3 Å². The molecule has 4 heteroatoms. The average Bonchev–Trinajstić information content (AvgIpc) is 2.97. The van der Waals surface area contributed by atoms with Crippen LogP contribution in [0.3, 0.4) is 0 Å². The molecular weight excluding hydrogens is 310 g/mol. The fourth-order valence-electron chi connectivity index (χ4n) is 3.25. The number of nitrogens with two attached hydrogens (primary N) is 1. The first-order valence-corrected chi connectivity index (χ1v) is 8.00. The van der Waals surface area contributed by atoms with Crippen molar-refractivity contribution in [2.45, 2.75) is 0 Å². The molecule has 0 atom stereocenters. The van der Waals surface area contributed by atoms with E-state index in [9.17, 15) is 4.79 Å². The van der Waals surface area contributed by atoms with Gasteiger partial charge in [0.2, 0.25) is 0 Å². The van der Waals surface area contributed by atoms with Gasteiger partial charge in [-0.2, -0.15) is 0 Å². The molecule has 25 heavy (non-hydrogen) atoms. The number of hydrogen-bond donors (Lipinski definition) is 1. The van der Waals surface area contributed by atoms with Crippen molar-refractivity contribution >= 4 is 33.3 Å². The second kappa shape index (κ2) is 5.60. The Balaban J connectivity index is 2.13. The summed E-state index contributed by atoms with van der Waals surface area (Å²) in [6.07, 6.45) is 3.32. The third-order valence-electron chi connectivity index (χ3n) is 4.48.